The van der Waals surface area contributed by atoms with Gasteiger partial charge in [-0.15, -0.1) is 0 Å². The van der Waals surface area contributed by atoms with Gasteiger partial charge in [0.2, 0.25) is 0 Å². The van der Waals surface area contributed by atoms with Crippen molar-refractivity contribution >= 4 is 0 Å². The third-order valence-electron chi connectivity index (χ3n) is 1.94. The molecule has 0 N–H and O–H groups in total. The summed E-state index contributed by atoms with van der Waals surface area (Å²) in [6.07, 6.45) is 8.36. The Balaban J connectivity index is 3.97. The summed E-state index contributed by atoms with van der Waals surface area (Å²) in [6.45, 7) is 11.3. The van der Waals surface area contributed by atoms with Crippen molar-refractivity contribution in [2.45, 2.75) is 46.3 Å². The molecule has 0 heterocycles. The second-order valence-electron chi connectivity index (χ2n) is 3.95. The first-order valence-corrected chi connectivity index (χ1v) is 5.57. The SMILES string of the molecule is CC=CC(C)(C=CC)OCCOC(C)C. The van der Waals surface area contributed by atoms with Gasteiger partial charge in [-0.05, 0) is 34.6 Å². The molecular formula is C13H24O2. The van der Waals surface area contributed by atoms with Crippen molar-refractivity contribution in [2.24, 2.45) is 0 Å². The number of hydrogen-bond donors (Lipinski definition) is 0. The topological polar surface area (TPSA) is 18.5 Å². The van der Waals surface area contributed by atoms with Crippen molar-refractivity contribution in [3.8, 4) is 0 Å². The Morgan fingerprint density at radius 1 is 1.07 bits per heavy atom. The van der Waals surface area contributed by atoms with Crippen LogP contribution in [0.3, 0.4) is 0 Å². The predicted molar refractivity (Wildman–Crippen MR) is 65.1 cm³/mol. The highest BCUT2D eigenvalue weighted by molar-refractivity contribution is 5.11. The standard InChI is InChI=1S/C13H24O2/c1-6-8-13(5,9-7-2)15-11-10-14-12(3)4/h6-9,12H,10-11H2,1-5H3. The maximum Gasteiger partial charge on any atom is 0.102 e. The van der Waals surface area contributed by atoms with Crippen LogP contribution in [0.2, 0.25) is 0 Å². The average molecular weight is 212 g/mol. The summed E-state index contributed by atoms with van der Waals surface area (Å²) in [5.41, 5.74) is -0.302. The fourth-order valence-corrected chi connectivity index (χ4v) is 1.36. The van der Waals surface area contributed by atoms with Gasteiger partial charge in [-0.3, -0.25) is 0 Å². The van der Waals surface area contributed by atoms with E-state index in [2.05, 4.69) is 0 Å². The molecule has 2 heteroatoms. The fourth-order valence-electron chi connectivity index (χ4n) is 1.36. The van der Waals surface area contributed by atoms with E-state index in [9.17, 15) is 0 Å². The van der Waals surface area contributed by atoms with Crippen LogP contribution >= 0.6 is 0 Å². The maximum atomic E-state index is 5.76. The molecular weight excluding hydrogens is 188 g/mol. The first-order chi connectivity index (χ1) is 7.04. The molecule has 0 aliphatic carbocycles. The Kier molecular flexibility index (Phi) is 7.35. The molecule has 0 bridgehead atoms. The predicted octanol–water partition coefficient (Wildman–Crippen LogP) is 3.34. The van der Waals surface area contributed by atoms with E-state index < -0.39 is 0 Å². The van der Waals surface area contributed by atoms with Crippen LogP contribution in [-0.2, 0) is 9.47 Å². The van der Waals surface area contributed by atoms with Crippen molar-refractivity contribution < 1.29 is 9.47 Å². The zero-order valence-corrected chi connectivity index (χ0v) is 10.6. The molecule has 0 aliphatic rings. The van der Waals surface area contributed by atoms with E-state index in [0.717, 1.165) is 0 Å². The quantitative estimate of drug-likeness (QED) is 0.476. The minimum absolute atomic E-state index is 0.267. The minimum Gasteiger partial charge on any atom is -0.376 e. The molecule has 0 spiro atoms. The van der Waals surface area contributed by atoms with Crippen molar-refractivity contribution in [3.05, 3.63) is 24.3 Å². The van der Waals surface area contributed by atoms with E-state index in [0.29, 0.717) is 13.2 Å². The van der Waals surface area contributed by atoms with Crippen LogP contribution in [0.4, 0.5) is 0 Å². The molecule has 0 aromatic heterocycles. The fraction of sp³-hybridized carbons (Fsp3) is 0.692. The van der Waals surface area contributed by atoms with Gasteiger partial charge in [0.15, 0.2) is 0 Å². The molecule has 0 fully saturated rings. The summed E-state index contributed by atoms with van der Waals surface area (Å²) in [6, 6.07) is 0. The van der Waals surface area contributed by atoms with Crippen LogP contribution < -0.4 is 0 Å². The van der Waals surface area contributed by atoms with Gasteiger partial charge in [0.1, 0.15) is 5.60 Å². The molecule has 0 aromatic rings. The summed E-state index contributed by atoms with van der Waals surface area (Å²) >= 11 is 0. The highest BCUT2D eigenvalue weighted by Gasteiger charge is 2.16. The zero-order chi connectivity index (χ0) is 11.7. The molecule has 0 unspecified atom stereocenters. The summed E-state index contributed by atoms with van der Waals surface area (Å²) in [7, 11) is 0. The monoisotopic (exact) mass is 212 g/mol. The van der Waals surface area contributed by atoms with Gasteiger partial charge in [0, 0.05) is 0 Å². The van der Waals surface area contributed by atoms with E-state index in [-0.39, 0.29) is 11.7 Å². The highest BCUT2D eigenvalue weighted by atomic mass is 16.5. The Morgan fingerprint density at radius 3 is 2.00 bits per heavy atom. The van der Waals surface area contributed by atoms with Crippen LogP contribution in [0.15, 0.2) is 24.3 Å². The van der Waals surface area contributed by atoms with Crippen molar-refractivity contribution in [1.82, 2.24) is 0 Å². The molecule has 0 saturated carbocycles. The lowest BCUT2D eigenvalue weighted by Crippen LogP contribution is -2.25. The smallest absolute Gasteiger partial charge is 0.102 e. The summed E-state index contributed by atoms with van der Waals surface area (Å²) in [5.74, 6) is 0. The Bertz CT molecular complexity index is 193. The molecule has 0 aliphatic heterocycles. The molecule has 2 nitrogen and oxygen atoms in total. The number of rotatable bonds is 7. The van der Waals surface area contributed by atoms with Crippen molar-refractivity contribution in [2.75, 3.05) is 13.2 Å². The van der Waals surface area contributed by atoms with Gasteiger partial charge in [-0.2, -0.15) is 0 Å². The number of hydrogen-bond acceptors (Lipinski definition) is 2. The first kappa shape index (κ1) is 14.4. The molecule has 0 saturated heterocycles. The normalized spacial score (nSPS) is 16.7. The second kappa shape index (κ2) is 7.66. The second-order valence-corrected chi connectivity index (χ2v) is 3.95. The van der Waals surface area contributed by atoms with Crippen LogP contribution in [0.5, 0.6) is 0 Å². The van der Waals surface area contributed by atoms with E-state index >= 15 is 0 Å². The summed E-state index contributed by atoms with van der Waals surface area (Å²) < 4.78 is 11.2. The lowest BCUT2D eigenvalue weighted by Gasteiger charge is -2.23. The third kappa shape index (κ3) is 7.34. The molecule has 0 radical (unpaired) electrons. The minimum atomic E-state index is -0.302. The summed E-state index contributed by atoms with van der Waals surface area (Å²) in [5, 5.41) is 0. The summed E-state index contributed by atoms with van der Waals surface area (Å²) in [4.78, 5) is 0. The highest BCUT2D eigenvalue weighted by Crippen LogP contribution is 2.14. The van der Waals surface area contributed by atoms with Gasteiger partial charge in [0.25, 0.3) is 0 Å². The molecule has 88 valence electrons. The Morgan fingerprint density at radius 2 is 1.60 bits per heavy atom. The lowest BCUT2D eigenvalue weighted by molar-refractivity contribution is -0.0197. The molecule has 0 aromatic carbocycles. The molecule has 0 amide bonds. The average Bonchev–Trinajstić information content (AvgIpc) is 2.13. The van der Waals surface area contributed by atoms with Crippen LogP contribution in [0, 0.1) is 0 Å². The van der Waals surface area contributed by atoms with E-state index in [1.807, 2.05) is 58.9 Å². The van der Waals surface area contributed by atoms with Gasteiger partial charge in [0.05, 0.1) is 19.3 Å². The molecule has 0 rings (SSSR count). The van der Waals surface area contributed by atoms with Gasteiger partial charge >= 0.3 is 0 Å². The molecule has 0 atom stereocenters. The van der Waals surface area contributed by atoms with Crippen LogP contribution in [0.25, 0.3) is 0 Å². The number of ether oxygens (including phenoxy) is 2. The first-order valence-electron chi connectivity index (χ1n) is 5.57. The molecule has 15 heavy (non-hydrogen) atoms. The van der Waals surface area contributed by atoms with Gasteiger partial charge < -0.3 is 9.47 Å². The van der Waals surface area contributed by atoms with Gasteiger partial charge in [-0.1, -0.05) is 24.3 Å². The largest absolute Gasteiger partial charge is 0.376 e. The Hall–Kier alpha value is -0.600. The van der Waals surface area contributed by atoms with Gasteiger partial charge in [-0.25, -0.2) is 0 Å². The zero-order valence-electron chi connectivity index (χ0n) is 10.6. The number of allylic oxidation sites excluding steroid dienone is 2. The lowest BCUT2D eigenvalue weighted by atomic mass is 10.1. The Labute approximate surface area is 94.0 Å². The van der Waals surface area contributed by atoms with Crippen LogP contribution in [-0.4, -0.2) is 24.9 Å². The van der Waals surface area contributed by atoms with E-state index in [1.54, 1.807) is 0 Å². The van der Waals surface area contributed by atoms with Crippen molar-refractivity contribution in [1.29, 1.82) is 0 Å². The maximum absolute atomic E-state index is 5.76. The third-order valence-corrected chi connectivity index (χ3v) is 1.94. The van der Waals surface area contributed by atoms with Crippen LogP contribution in [0.1, 0.15) is 34.6 Å². The van der Waals surface area contributed by atoms with E-state index in [4.69, 9.17) is 9.47 Å². The van der Waals surface area contributed by atoms with Crippen molar-refractivity contribution in [3.63, 3.8) is 0 Å². The van der Waals surface area contributed by atoms with E-state index in [1.165, 1.54) is 0 Å².